The number of nitrogens with zero attached hydrogens (tertiary/aromatic N) is 1. The average molecular weight is 244 g/mol. The standard InChI is InChI=1S/C16H24N2/c1-5-15(18-8-6-17-7-9-18)16-13(3)10-12(2)11-14(16)4/h5,10-11,15,17H,1,6-9H2,2-4H3/t15-/m0/s1. The van der Waals surface area contributed by atoms with E-state index in [2.05, 4.69) is 55.8 Å². The molecule has 1 atom stereocenters. The zero-order chi connectivity index (χ0) is 13.1. The summed E-state index contributed by atoms with van der Waals surface area (Å²) in [5.41, 5.74) is 5.56. The van der Waals surface area contributed by atoms with Crippen LogP contribution in [-0.4, -0.2) is 31.1 Å². The van der Waals surface area contributed by atoms with E-state index in [0.717, 1.165) is 26.2 Å². The fraction of sp³-hybridized carbons (Fsp3) is 0.500. The van der Waals surface area contributed by atoms with Crippen molar-refractivity contribution in [2.45, 2.75) is 26.8 Å². The van der Waals surface area contributed by atoms with E-state index in [4.69, 9.17) is 0 Å². The van der Waals surface area contributed by atoms with Crippen LogP contribution in [0, 0.1) is 20.8 Å². The molecule has 0 amide bonds. The molecule has 1 saturated heterocycles. The van der Waals surface area contributed by atoms with E-state index in [1.165, 1.54) is 22.3 Å². The first-order valence-corrected chi connectivity index (χ1v) is 6.78. The smallest absolute Gasteiger partial charge is 0.0535 e. The maximum absolute atomic E-state index is 4.06. The van der Waals surface area contributed by atoms with Crippen LogP contribution in [-0.2, 0) is 0 Å². The van der Waals surface area contributed by atoms with Crippen molar-refractivity contribution in [1.82, 2.24) is 10.2 Å². The second kappa shape index (κ2) is 5.68. The molecule has 1 fully saturated rings. The van der Waals surface area contributed by atoms with Crippen LogP contribution < -0.4 is 5.32 Å². The van der Waals surface area contributed by atoms with Crippen molar-refractivity contribution in [3.63, 3.8) is 0 Å². The van der Waals surface area contributed by atoms with Crippen LogP contribution in [0.25, 0.3) is 0 Å². The summed E-state index contributed by atoms with van der Waals surface area (Å²) in [5.74, 6) is 0. The van der Waals surface area contributed by atoms with Gasteiger partial charge in [-0.1, -0.05) is 23.8 Å². The van der Waals surface area contributed by atoms with Gasteiger partial charge in [-0.2, -0.15) is 0 Å². The van der Waals surface area contributed by atoms with E-state index < -0.39 is 0 Å². The second-order valence-electron chi connectivity index (χ2n) is 5.28. The highest BCUT2D eigenvalue weighted by Crippen LogP contribution is 2.29. The minimum Gasteiger partial charge on any atom is -0.314 e. The molecule has 0 spiro atoms. The molecule has 0 aromatic heterocycles. The first-order chi connectivity index (χ1) is 8.63. The van der Waals surface area contributed by atoms with Gasteiger partial charge in [0, 0.05) is 26.2 Å². The Bertz CT molecular complexity index is 408. The van der Waals surface area contributed by atoms with Crippen LogP contribution >= 0.6 is 0 Å². The van der Waals surface area contributed by atoms with Crippen LogP contribution in [0.4, 0.5) is 0 Å². The molecule has 1 N–H and O–H groups in total. The van der Waals surface area contributed by atoms with Crippen molar-refractivity contribution < 1.29 is 0 Å². The van der Waals surface area contributed by atoms with E-state index in [9.17, 15) is 0 Å². The van der Waals surface area contributed by atoms with Gasteiger partial charge in [0.15, 0.2) is 0 Å². The molecule has 0 aliphatic carbocycles. The molecule has 1 aliphatic heterocycles. The molecule has 2 heteroatoms. The van der Waals surface area contributed by atoms with Gasteiger partial charge in [0.25, 0.3) is 0 Å². The number of aryl methyl sites for hydroxylation is 3. The van der Waals surface area contributed by atoms with Crippen molar-refractivity contribution in [2.75, 3.05) is 26.2 Å². The van der Waals surface area contributed by atoms with Crippen LogP contribution in [0.15, 0.2) is 24.8 Å². The third-order valence-corrected chi connectivity index (χ3v) is 3.80. The molecule has 0 saturated carbocycles. The van der Waals surface area contributed by atoms with Gasteiger partial charge in [-0.05, 0) is 37.5 Å². The maximum Gasteiger partial charge on any atom is 0.0535 e. The number of hydrogen-bond acceptors (Lipinski definition) is 2. The minimum absolute atomic E-state index is 0.354. The lowest BCUT2D eigenvalue weighted by molar-refractivity contribution is 0.202. The summed E-state index contributed by atoms with van der Waals surface area (Å²) < 4.78 is 0. The first kappa shape index (κ1) is 13.3. The molecule has 18 heavy (non-hydrogen) atoms. The fourth-order valence-electron chi connectivity index (χ4n) is 3.07. The summed E-state index contributed by atoms with van der Waals surface area (Å²) in [6, 6.07) is 4.91. The van der Waals surface area contributed by atoms with E-state index in [1.807, 2.05) is 0 Å². The third-order valence-electron chi connectivity index (χ3n) is 3.80. The lowest BCUT2D eigenvalue weighted by Crippen LogP contribution is -2.45. The minimum atomic E-state index is 0.354. The third kappa shape index (κ3) is 2.65. The zero-order valence-corrected chi connectivity index (χ0v) is 11.8. The number of benzene rings is 1. The first-order valence-electron chi connectivity index (χ1n) is 6.78. The van der Waals surface area contributed by atoms with Crippen molar-refractivity contribution in [3.8, 4) is 0 Å². The quantitative estimate of drug-likeness (QED) is 0.823. The van der Waals surface area contributed by atoms with Gasteiger partial charge in [0.05, 0.1) is 6.04 Å². The zero-order valence-electron chi connectivity index (χ0n) is 11.8. The van der Waals surface area contributed by atoms with Crippen molar-refractivity contribution in [1.29, 1.82) is 0 Å². The van der Waals surface area contributed by atoms with Gasteiger partial charge in [-0.15, -0.1) is 6.58 Å². The molecule has 1 aromatic rings. The molecule has 1 heterocycles. The van der Waals surface area contributed by atoms with E-state index in [-0.39, 0.29) is 0 Å². The summed E-state index contributed by atoms with van der Waals surface area (Å²) in [6.45, 7) is 15.0. The lowest BCUT2D eigenvalue weighted by atomic mass is 9.93. The van der Waals surface area contributed by atoms with Gasteiger partial charge in [-0.25, -0.2) is 0 Å². The molecule has 0 unspecified atom stereocenters. The summed E-state index contributed by atoms with van der Waals surface area (Å²) in [5, 5.41) is 3.41. The second-order valence-corrected chi connectivity index (χ2v) is 5.28. The van der Waals surface area contributed by atoms with E-state index >= 15 is 0 Å². The van der Waals surface area contributed by atoms with Gasteiger partial charge < -0.3 is 5.32 Å². The maximum atomic E-state index is 4.06. The highest BCUT2D eigenvalue weighted by Gasteiger charge is 2.22. The van der Waals surface area contributed by atoms with Crippen LogP contribution in [0.2, 0.25) is 0 Å². The van der Waals surface area contributed by atoms with Crippen molar-refractivity contribution in [3.05, 3.63) is 47.0 Å². The number of rotatable bonds is 3. The van der Waals surface area contributed by atoms with Gasteiger partial charge in [0.1, 0.15) is 0 Å². The van der Waals surface area contributed by atoms with E-state index in [0.29, 0.717) is 6.04 Å². The topological polar surface area (TPSA) is 15.3 Å². The molecule has 1 aromatic carbocycles. The van der Waals surface area contributed by atoms with Crippen molar-refractivity contribution in [2.24, 2.45) is 0 Å². The number of piperazine rings is 1. The highest BCUT2D eigenvalue weighted by molar-refractivity contribution is 5.41. The Morgan fingerprint density at radius 2 is 1.72 bits per heavy atom. The van der Waals surface area contributed by atoms with Crippen LogP contribution in [0.5, 0.6) is 0 Å². The van der Waals surface area contributed by atoms with Gasteiger partial charge in [-0.3, -0.25) is 4.90 Å². The summed E-state index contributed by atoms with van der Waals surface area (Å²) in [4.78, 5) is 2.52. The number of hydrogen-bond donors (Lipinski definition) is 1. The van der Waals surface area contributed by atoms with E-state index in [1.54, 1.807) is 0 Å². The van der Waals surface area contributed by atoms with Crippen LogP contribution in [0.3, 0.4) is 0 Å². The Hall–Kier alpha value is -1.12. The molecule has 2 nitrogen and oxygen atoms in total. The van der Waals surface area contributed by atoms with Crippen molar-refractivity contribution >= 4 is 0 Å². The summed E-state index contributed by atoms with van der Waals surface area (Å²) >= 11 is 0. The average Bonchev–Trinajstić information content (AvgIpc) is 2.34. The predicted octanol–water partition coefficient (Wildman–Crippen LogP) is 2.74. The Kier molecular flexibility index (Phi) is 4.20. The number of nitrogens with one attached hydrogen (secondary N) is 1. The Morgan fingerprint density at radius 1 is 1.17 bits per heavy atom. The normalized spacial score (nSPS) is 18.6. The Balaban J connectivity index is 2.35. The highest BCUT2D eigenvalue weighted by atomic mass is 15.2. The fourth-order valence-corrected chi connectivity index (χ4v) is 3.07. The molecule has 2 rings (SSSR count). The Morgan fingerprint density at radius 3 is 2.22 bits per heavy atom. The molecule has 98 valence electrons. The SMILES string of the molecule is C=C[C@@H](c1c(C)cc(C)cc1C)N1CCNCC1. The Labute approximate surface area is 111 Å². The summed E-state index contributed by atoms with van der Waals surface area (Å²) in [6.07, 6.45) is 2.09. The molecule has 1 aliphatic rings. The predicted molar refractivity (Wildman–Crippen MR) is 78.0 cm³/mol. The van der Waals surface area contributed by atoms with Gasteiger partial charge >= 0.3 is 0 Å². The molecule has 0 radical (unpaired) electrons. The summed E-state index contributed by atoms with van der Waals surface area (Å²) in [7, 11) is 0. The molecular formula is C16H24N2. The molecule has 0 bridgehead atoms. The lowest BCUT2D eigenvalue weighted by Gasteiger charge is -2.35. The van der Waals surface area contributed by atoms with Gasteiger partial charge in [0.2, 0.25) is 0 Å². The van der Waals surface area contributed by atoms with Crippen LogP contribution in [0.1, 0.15) is 28.3 Å². The molecular weight excluding hydrogens is 220 g/mol. The monoisotopic (exact) mass is 244 g/mol. The largest absolute Gasteiger partial charge is 0.314 e.